The Balaban J connectivity index is 1.18. The van der Waals surface area contributed by atoms with Gasteiger partial charge in [0, 0.05) is 73.8 Å². The SMILES string of the molecule is COc1cc(N2CCC(N3CCN(C)CC3)CC2)c(C)cc1Nc1ncc(Br)c(Nc2cc(Cl)ccc2-c2cn[nH]n2)n1. The van der Waals surface area contributed by atoms with Gasteiger partial charge < -0.3 is 25.2 Å². The van der Waals surface area contributed by atoms with Gasteiger partial charge in [-0.2, -0.15) is 20.4 Å². The third kappa shape index (κ3) is 6.72. The molecular weight excluding hydrogens is 632 g/mol. The molecule has 2 aliphatic rings. The number of methoxy groups -OCH3 is 1. The highest BCUT2D eigenvalue weighted by molar-refractivity contribution is 9.10. The Morgan fingerprint density at radius 2 is 1.79 bits per heavy atom. The number of anilines is 5. The molecular formula is C30H36BrClN10O. The molecule has 2 saturated heterocycles. The lowest BCUT2D eigenvalue weighted by molar-refractivity contribution is 0.0982. The molecule has 0 amide bonds. The first kappa shape index (κ1) is 29.6. The summed E-state index contributed by atoms with van der Waals surface area (Å²) >= 11 is 9.90. The van der Waals surface area contributed by atoms with E-state index in [2.05, 4.69) is 87.8 Å². The molecule has 0 unspecified atom stereocenters. The number of aromatic nitrogens is 5. The van der Waals surface area contributed by atoms with E-state index in [0.29, 0.717) is 33.0 Å². The number of hydrogen-bond donors (Lipinski definition) is 3. The van der Waals surface area contributed by atoms with Crippen molar-refractivity contribution in [2.75, 3.05) is 69.0 Å². The van der Waals surface area contributed by atoms with Gasteiger partial charge in [0.2, 0.25) is 5.95 Å². The number of benzene rings is 2. The number of aromatic amines is 1. The molecule has 0 aliphatic carbocycles. The average Bonchev–Trinajstić information content (AvgIpc) is 3.55. The van der Waals surface area contributed by atoms with E-state index in [0.717, 1.165) is 48.9 Å². The quantitative estimate of drug-likeness (QED) is 0.217. The van der Waals surface area contributed by atoms with E-state index >= 15 is 0 Å². The van der Waals surface area contributed by atoms with Crippen molar-refractivity contribution in [2.45, 2.75) is 25.8 Å². The van der Waals surface area contributed by atoms with E-state index in [1.165, 1.54) is 37.2 Å². The van der Waals surface area contributed by atoms with E-state index in [9.17, 15) is 0 Å². The third-order valence-electron chi connectivity index (χ3n) is 8.29. The summed E-state index contributed by atoms with van der Waals surface area (Å²) in [6, 6.07) is 10.4. The summed E-state index contributed by atoms with van der Waals surface area (Å²) in [5.74, 6) is 1.74. The standard InChI is InChI=1S/C30H36BrClN10O/c1-19-14-25(28(43-3)16-27(19)42-8-6-21(7-9-42)41-12-10-40(2)11-13-41)36-30-33-17-23(31)29(37-30)35-24-15-20(32)4-5-22(24)26-18-34-39-38-26/h4-5,14-18,21H,6-13H2,1-3H3,(H,34,38,39)(H2,33,35,36,37). The second-order valence-electron chi connectivity index (χ2n) is 11.1. The molecule has 11 nitrogen and oxygen atoms in total. The van der Waals surface area contributed by atoms with Crippen molar-refractivity contribution >= 4 is 56.4 Å². The zero-order valence-electron chi connectivity index (χ0n) is 24.6. The first-order valence-electron chi connectivity index (χ1n) is 14.5. The fourth-order valence-electron chi connectivity index (χ4n) is 5.88. The Kier molecular flexibility index (Phi) is 8.98. The second-order valence-corrected chi connectivity index (χ2v) is 12.4. The molecule has 2 aliphatic heterocycles. The van der Waals surface area contributed by atoms with Crippen molar-refractivity contribution in [2.24, 2.45) is 0 Å². The normalized spacial score (nSPS) is 16.8. The van der Waals surface area contributed by atoms with E-state index in [1.54, 1.807) is 19.5 Å². The van der Waals surface area contributed by atoms with Crippen LogP contribution in [0, 0.1) is 6.92 Å². The predicted octanol–water partition coefficient (Wildman–Crippen LogP) is 5.70. The van der Waals surface area contributed by atoms with Crippen LogP contribution in [0.15, 0.2) is 47.2 Å². The number of ether oxygens (including phenoxy) is 1. The van der Waals surface area contributed by atoms with Gasteiger partial charge in [-0.25, -0.2) is 4.98 Å². The number of hydrogen-bond acceptors (Lipinski definition) is 10. The number of likely N-dealkylation sites (N-methyl/N-ethyl adjacent to an activating group) is 1. The Morgan fingerprint density at radius 1 is 1.00 bits per heavy atom. The number of piperidine rings is 1. The molecule has 0 radical (unpaired) electrons. The smallest absolute Gasteiger partial charge is 0.229 e. The van der Waals surface area contributed by atoms with E-state index in [-0.39, 0.29) is 0 Å². The Hall–Kier alpha value is -3.45. The zero-order valence-corrected chi connectivity index (χ0v) is 26.9. The van der Waals surface area contributed by atoms with Crippen LogP contribution in [0.5, 0.6) is 5.75 Å². The molecule has 43 heavy (non-hydrogen) atoms. The second kappa shape index (κ2) is 13.0. The lowest BCUT2D eigenvalue weighted by atomic mass is 10.0. The van der Waals surface area contributed by atoms with Gasteiger partial charge in [-0.05, 0) is 72.6 Å². The topological polar surface area (TPSA) is 110 Å². The van der Waals surface area contributed by atoms with Crippen LogP contribution in [0.2, 0.25) is 5.02 Å². The zero-order chi connectivity index (χ0) is 29.9. The Labute approximate surface area is 265 Å². The first-order chi connectivity index (χ1) is 20.9. The minimum atomic E-state index is 0.425. The minimum Gasteiger partial charge on any atom is -0.494 e. The first-order valence-corrected chi connectivity index (χ1v) is 15.6. The van der Waals surface area contributed by atoms with Gasteiger partial charge in [-0.15, -0.1) is 0 Å². The maximum absolute atomic E-state index is 6.33. The summed E-state index contributed by atoms with van der Waals surface area (Å²) in [7, 11) is 3.91. The van der Waals surface area contributed by atoms with Crippen LogP contribution in [-0.4, -0.2) is 94.6 Å². The van der Waals surface area contributed by atoms with Crippen molar-refractivity contribution in [1.29, 1.82) is 0 Å². The molecule has 0 atom stereocenters. The number of rotatable bonds is 8. The van der Waals surface area contributed by atoms with Gasteiger partial charge in [0.05, 0.1) is 29.2 Å². The van der Waals surface area contributed by atoms with E-state index in [1.807, 2.05) is 18.2 Å². The maximum Gasteiger partial charge on any atom is 0.229 e. The van der Waals surface area contributed by atoms with Crippen LogP contribution in [0.1, 0.15) is 18.4 Å². The van der Waals surface area contributed by atoms with Gasteiger partial charge in [-0.1, -0.05) is 11.6 Å². The summed E-state index contributed by atoms with van der Waals surface area (Å²) in [5.41, 5.74) is 5.44. The van der Waals surface area contributed by atoms with Crippen LogP contribution >= 0.6 is 27.5 Å². The predicted molar refractivity (Wildman–Crippen MR) is 175 cm³/mol. The van der Waals surface area contributed by atoms with Crippen LogP contribution in [-0.2, 0) is 0 Å². The van der Waals surface area contributed by atoms with Crippen LogP contribution in [0.4, 0.5) is 28.8 Å². The van der Waals surface area contributed by atoms with E-state index < -0.39 is 0 Å². The van der Waals surface area contributed by atoms with Crippen LogP contribution < -0.4 is 20.3 Å². The van der Waals surface area contributed by atoms with Gasteiger partial charge in [0.25, 0.3) is 0 Å². The van der Waals surface area contributed by atoms with Crippen LogP contribution in [0.25, 0.3) is 11.3 Å². The molecule has 0 saturated carbocycles. The summed E-state index contributed by atoms with van der Waals surface area (Å²) in [6.07, 6.45) is 5.72. The number of H-pyrrole nitrogens is 1. The van der Waals surface area contributed by atoms with Gasteiger partial charge in [-0.3, -0.25) is 4.90 Å². The Morgan fingerprint density at radius 3 is 2.51 bits per heavy atom. The monoisotopic (exact) mass is 666 g/mol. The molecule has 226 valence electrons. The fraction of sp³-hybridized carbons (Fsp3) is 0.400. The number of nitrogens with one attached hydrogen (secondary N) is 3. The van der Waals surface area contributed by atoms with Crippen molar-refractivity contribution in [3.05, 3.63) is 57.8 Å². The molecule has 0 bridgehead atoms. The number of piperazine rings is 1. The summed E-state index contributed by atoms with van der Waals surface area (Å²) < 4.78 is 6.53. The lowest BCUT2D eigenvalue weighted by Crippen LogP contribution is -2.52. The molecule has 6 rings (SSSR count). The number of aryl methyl sites for hydroxylation is 1. The highest BCUT2D eigenvalue weighted by Crippen LogP contribution is 2.37. The molecule has 2 aromatic carbocycles. The van der Waals surface area contributed by atoms with Crippen molar-refractivity contribution in [1.82, 2.24) is 35.2 Å². The Bertz CT molecular complexity index is 1550. The van der Waals surface area contributed by atoms with Crippen molar-refractivity contribution in [3.8, 4) is 17.0 Å². The maximum atomic E-state index is 6.33. The van der Waals surface area contributed by atoms with Gasteiger partial charge >= 0.3 is 0 Å². The highest BCUT2D eigenvalue weighted by Gasteiger charge is 2.27. The molecule has 4 aromatic rings. The van der Waals surface area contributed by atoms with Crippen molar-refractivity contribution in [3.63, 3.8) is 0 Å². The van der Waals surface area contributed by atoms with E-state index in [4.69, 9.17) is 21.3 Å². The van der Waals surface area contributed by atoms with Crippen LogP contribution in [0.3, 0.4) is 0 Å². The third-order valence-corrected chi connectivity index (χ3v) is 9.11. The summed E-state index contributed by atoms with van der Waals surface area (Å²) in [4.78, 5) is 16.8. The minimum absolute atomic E-state index is 0.425. The molecule has 0 spiro atoms. The van der Waals surface area contributed by atoms with Crippen molar-refractivity contribution < 1.29 is 4.74 Å². The number of halogens is 2. The number of nitrogens with zero attached hydrogens (tertiary/aromatic N) is 7. The lowest BCUT2D eigenvalue weighted by Gasteiger charge is -2.43. The van der Waals surface area contributed by atoms with Gasteiger partial charge in [0.1, 0.15) is 17.3 Å². The highest BCUT2D eigenvalue weighted by atomic mass is 79.9. The molecule has 2 aromatic heterocycles. The summed E-state index contributed by atoms with van der Waals surface area (Å²) in [6.45, 7) is 8.89. The molecule has 4 heterocycles. The summed E-state index contributed by atoms with van der Waals surface area (Å²) in [5, 5.41) is 18.1. The average molecular weight is 668 g/mol. The molecule has 3 N–H and O–H groups in total. The fourth-order valence-corrected chi connectivity index (χ4v) is 6.34. The molecule has 2 fully saturated rings. The molecule has 13 heteroatoms. The van der Waals surface area contributed by atoms with Gasteiger partial charge in [0.15, 0.2) is 0 Å². The largest absolute Gasteiger partial charge is 0.494 e.